The van der Waals surface area contributed by atoms with Crippen molar-refractivity contribution in [2.24, 2.45) is 0 Å². The Balaban J connectivity index is 0.000000856. The summed E-state index contributed by atoms with van der Waals surface area (Å²) in [5.41, 5.74) is -9.11. The van der Waals surface area contributed by atoms with Crippen molar-refractivity contribution < 1.29 is 56.9 Å². The zero-order chi connectivity index (χ0) is 28.2. The van der Waals surface area contributed by atoms with Crippen molar-refractivity contribution in [3.05, 3.63) is 69.8 Å². The molecular weight excluding hydrogens is 669 g/mol. The highest BCUT2D eigenvalue weighted by Gasteiger charge is 2.40. The third kappa shape index (κ3) is 9.38. The van der Waals surface area contributed by atoms with E-state index in [0.717, 1.165) is 0 Å². The van der Waals surface area contributed by atoms with Crippen molar-refractivity contribution in [2.75, 3.05) is 13.1 Å². The van der Waals surface area contributed by atoms with Gasteiger partial charge in [-0.25, -0.2) is 0 Å². The third-order valence-electron chi connectivity index (χ3n) is 4.92. The van der Waals surface area contributed by atoms with Crippen LogP contribution in [0.25, 0.3) is 0 Å². The van der Waals surface area contributed by atoms with Gasteiger partial charge in [0.1, 0.15) is 6.10 Å². The van der Waals surface area contributed by atoms with Crippen molar-refractivity contribution in [1.82, 2.24) is 5.32 Å². The Hall–Kier alpha value is -1.40. The van der Waals surface area contributed by atoms with E-state index in [9.17, 15) is 52.7 Å². The second kappa shape index (κ2) is 12.2. The summed E-state index contributed by atoms with van der Waals surface area (Å²) >= 11 is 1.36. The summed E-state index contributed by atoms with van der Waals surface area (Å²) in [6.07, 6.45) is -20.5. The Kier molecular flexibility index (Phi) is 10.5. The van der Waals surface area contributed by atoms with Crippen molar-refractivity contribution >= 4 is 30.4 Å². The number of halogens is 13. The van der Waals surface area contributed by atoms with Gasteiger partial charge in [0.15, 0.2) is 0 Å². The lowest BCUT2D eigenvalue weighted by Crippen LogP contribution is -2.16. The Labute approximate surface area is 218 Å². The fraction of sp³-hybridized carbons (Fsp3) is 0.429. The normalized spacial score (nSPS) is 15.1. The highest BCUT2D eigenvalue weighted by molar-refractivity contribution is 14.2. The zero-order valence-electron chi connectivity index (χ0n) is 18.1. The zero-order valence-corrected chi connectivity index (χ0v) is 21.1. The molecular formula is C21H16F12INOS. The molecule has 2 aromatic rings. The van der Waals surface area contributed by atoms with E-state index in [0.29, 0.717) is 9.21 Å². The average molecular weight is 685 g/mol. The van der Waals surface area contributed by atoms with Gasteiger partial charge in [-0.2, -0.15) is 52.7 Å². The van der Waals surface area contributed by atoms with Gasteiger partial charge in [-0.3, -0.25) is 4.18 Å². The molecule has 0 aromatic heterocycles. The van der Waals surface area contributed by atoms with Crippen LogP contribution < -0.4 is 5.32 Å². The molecule has 0 radical (unpaired) electrons. The summed E-state index contributed by atoms with van der Waals surface area (Å²) in [5.74, 6) is 0. The minimum atomic E-state index is -5.29. The van der Waals surface area contributed by atoms with E-state index >= 15 is 0 Å². The molecule has 1 fully saturated rings. The van der Waals surface area contributed by atoms with Crippen molar-refractivity contribution in [3.8, 4) is 0 Å². The lowest BCUT2D eigenvalue weighted by molar-refractivity contribution is -0.144. The standard InChI is InChI=1S/C17H7F12IOS.C4H9N/c18-14(19,20)9-1-7(2-10(5-9)15(21,22)23)13(31-32-30)8-3-11(16(24,25)26)6-12(4-8)17(27,28)29;1-2-4-5-3-1/h1-6,13H;5H,1-4H2. The van der Waals surface area contributed by atoms with Crippen LogP contribution in [0.15, 0.2) is 36.4 Å². The maximum absolute atomic E-state index is 13.1. The van der Waals surface area contributed by atoms with Crippen LogP contribution in [0.3, 0.4) is 0 Å². The van der Waals surface area contributed by atoms with Crippen LogP contribution >= 0.6 is 30.4 Å². The van der Waals surface area contributed by atoms with E-state index in [-0.39, 0.29) is 36.4 Å². The molecule has 0 atom stereocenters. The van der Waals surface area contributed by atoms with E-state index in [2.05, 4.69) is 5.32 Å². The van der Waals surface area contributed by atoms with E-state index in [1.165, 1.54) is 47.1 Å². The molecule has 0 amide bonds. The van der Waals surface area contributed by atoms with E-state index < -0.39 is 64.2 Å². The maximum atomic E-state index is 13.1. The van der Waals surface area contributed by atoms with Crippen LogP contribution in [0, 0.1) is 0 Å². The predicted molar refractivity (Wildman–Crippen MR) is 120 cm³/mol. The Morgan fingerprint density at radius 3 is 1.08 bits per heavy atom. The van der Waals surface area contributed by atoms with Crippen molar-refractivity contribution in [3.63, 3.8) is 0 Å². The smallest absolute Gasteiger partial charge is 0.317 e. The summed E-state index contributed by atoms with van der Waals surface area (Å²) in [6.45, 7) is 2.50. The monoisotopic (exact) mass is 685 g/mol. The van der Waals surface area contributed by atoms with Crippen molar-refractivity contribution in [2.45, 2.75) is 43.7 Å². The molecule has 1 aliphatic rings. The predicted octanol–water partition coefficient (Wildman–Crippen LogP) is 9.24. The minimum Gasteiger partial charge on any atom is -0.317 e. The molecule has 0 unspecified atom stereocenters. The minimum absolute atomic E-state index is 0.167. The molecule has 0 aliphatic carbocycles. The van der Waals surface area contributed by atoms with Gasteiger partial charge >= 0.3 is 24.7 Å². The van der Waals surface area contributed by atoms with Gasteiger partial charge in [0.2, 0.25) is 0 Å². The first-order chi connectivity index (χ1) is 16.8. The molecule has 3 rings (SSSR count). The number of hydrogen-bond donors (Lipinski definition) is 1. The maximum Gasteiger partial charge on any atom is 0.416 e. The molecule has 0 bridgehead atoms. The fourth-order valence-corrected chi connectivity index (χ4v) is 4.14. The summed E-state index contributed by atoms with van der Waals surface area (Å²) in [5, 5.41) is 3.22. The van der Waals surface area contributed by atoms with Gasteiger partial charge in [-0.15, -0.1) is 0 Å². The van der Waals surface area contributed by atoms with Gasteiger partial charge in [-0.1, -0.05) is 0 Å². The molecule has 2 aromatic carbocycles. The Morgan fingerprint density at radius 1 is 0.595 bits per heavy atom. The molecule has 1 heterocycles. The topological polar surface area (TPSA) is 21.3 Å². The Bertz CT molecular complexity index is 898. The second-order valence-electron chi connectivity index (χ2n) is 7.67. The van der Waals surface area contributed by atoms with Crippen LogP contribution in [0.2, 0.25) is 0 Å². The van der Waals surface area contributed by atoms with E-state index in [1.54, 1.807) is 0 Å². The number of benzene rings is 2. The highest BCUT2D eigenvalue weighted by Crippen LogP contribution is 2.43. The van der Waals surface area contributed by atoms with Gasteiger partial charge in [0.25, 0.3) is 0 Å². The van der Waals surface area contributed by atoms with Crippen LogP contribution in [0.1, 0.15) is 52.3 Å². The lowest BCUT2D eigenvalue weighted by atomic mass is 9.94. The number of alkyl halides is 12. The van der Waals surface area contributed by atoms with Gasteiger partial charge in [0, 0.05) is 21.2 Å². The quantitative estimate of drug-likeness (QED) is 0.197. The molecule has 1 saturated heterocycles. The van der Waals surface area contributed by atoms with Crippen LogP contribution in [0.4, 0.5) is 52.7 Å². The number of nitrogens with one attached hydrogen (secondary N) is 1. The molecule has 16 heteroatoms. The van der Waals surface area contributed by atoms with Gasteiger partial charge in [-0.05, 0) is 73.5 Å². The SMILES string of the molecule is C1CCNC1.FC(F)(F)c1cc(C(OSI)c2cc(C(F)(F)F)cc(C(F)(F)F)c2)cc(C(F)(F)F)c1. The summed E-state index contributed by atoms with van der Waals surface area (Å²) in [7, 11) is 0.298. The van der Waals surface area contributed by atoms with Crippen molar-refractivity contribution in [1.29, 1.82) is 0 Å². The van der Waals surface area contributed by atoms with Gasteiger partial charge in [0.05, 0.1) is 31.5 Å². The number of hydrogen-bond acceptors (Lipinski definition) is 3. The van der Waals surface area contributed by atoms with Gasteiger partial charge < -0.3 is 5.32 Å². The molecule has 208 valence electrons. The fourth-order valence-electron chi connectivity index (χ4n) is 3.23. The molecule has 0 spiro atoms. The largest absolute Gasteiger partial charge is 0.416 e. The second-order valence-corrected chi connectivity index (χ2v) is 9.07. The van der Waals surface area contributed by atoms with E-state index in [4.69, 9.17) is 4.18 Å². The lowest BCUT2D eigenvalue weighted by Gasteiger charge is -2.22. The third-order valence-corrected chi connectivity index (χ3v) is 5.80. The average Bonchev–Trinajstić information content (AvgIpc) is 3.35. The summed E-state index contributed by atoms with van der Waals surface area (Å²) < 4.78 is 162. The molecule has 1 aliphatic heterocycles. The first-order valence-electron chi connectivity index (χ1n) is 10.1. The highest BCUT2D eigenvalue weighted by atomic mass is 127. The van der Waals surface area contributed by atoms with Crippen LogP contribution in [0.5, 0.6) is 0 Å². The molecule has 2 nitrogen and oxygen atoms in total. The van der Waals surface area contributed by atoms with Crippen LogP contribution in [-0.2, 0) is 28.9 Å². The molecule has 37 heavy (non-hydrogen) atoms. The van der Waals surface area contributed by atoms with Crippen LogP contribution in [-0.4, -0.2) is 13.1 Å². The first kappa shape index (κ1) is 31.8. The molecule has 0 saturated carbocycles. The molecule has 1 N–H and O–H groups in total. The Morgan fingerprint density at radius 2 is 0.892 bits per heavy atom. The summed E-state index contributed by atoms with van der Waals surface area (Å²) in [4.78, 5) is 0. The van der Waals surface area contributed by atoms with E-state index in [1.807, 2.05) is 0 Å². The first-order valence-corrected chi connectivity index (χ1v) is 13.4. The number of rotatable bonds is 4. The summed E-state index contributed by atoms with van der Waals surface area (Å²) in [6, 6.07) is 0.206.